The molecule has 33 heavy (non-hydrogen) atoms. The molecule has 166 valence electrons. The van der Waals surface area contributed by atoms with Crippen LogP contribution in [0.2, 0.25) is 0 Å². The van der Waals surface area contributed by atoms with Crippen LogP contribution in [0.15, 0.2) is 36.5 Å². The third-order valence-corrected chi connectivity index (χ3v) is 5.85. The van der Waals surface area contributed by atoms with E-state index in [0.717, 1.165) is 30.9 Å². The molecule has 5 rings (SSSR count). The van der Waals surface area contributed by atoms with Gasteiger partial charge in [0.1, 0.15) is 11.6 Å². The molecule has 2 aromatic heterocycles. The molecular weight excluding hydrogens is 428 g/mol. The van der Waals surface area contributed by atoms with Crippen molar-refractivity contribution in [1.29, 1.82) is 0 Å². The summed E-state index contributed by atoms with van der Waals surface area (Å²) in [4.78, 5) is 27.1. The Hall–Kier alpha value is -3.90. The Morgan fingerprint density at radius 2 is 1.88 bits per heavy atom. The lowest BCUT2D eigenvalue weighted by Crippen LogP contribution is -2.36. The Bertz CT molecular complexity index is 1260. The van der Waals surface area contributed by atoms with Crippen molar-refractivity contribution >= 4 is 17.3 Å². The maximum absolute atomic E-state index is 14.6. The highest BCUT2D eigenvalue weighted by Crippen LogP contribution is 2.39. The van der Waals surface area contributed by atoms with E-state index in [4.69, 9.17) is 11.3 Å². The largest absolute Gasteiger partial charge is 0.378 e. The number of fused-ring (bicyclic) bond motifs is 1. The molecule has 1 N–H and O–H groups in total. The van der Waals surface area contributed by atoms with Gasteiger partial charge in [-0.3, -0.25) is 14.8 Å². The first-order valence-corrected chi connectivity index (χ1v) is 10.5. The topological polar surface area (TPSA) is 71.7 Å². The second-order valence-corrected chi connectivity index (χ2v) is 7.78. The minimum absolute atomic E-state index is 0.0474. The summed E-state index contributed by atoms with van der Waals surface area (Å²) in [7, 11) is 0. The average Bonchev–Trinajstić information content (AvgIpc) is 3.20. The van der Waals surface area contributed by atoms with Crippen LogP contribution in [0.5, 0.6) is 0 Å². The van der Waals surface area contributed by atoms with Gasteiger partial charge in [-0.05, 0) is 29.8 Å². The molecule has 7 nitrogen and oxygen atoms in total. The number of pyridine rings is 2. The van der Waals surface area contributed by atoms with Gasteiger partial charge in [-0.25, -0.2) is 13.6 Å². The van der Waals surface area contributed by atoms with Crippen LogP contribution in [0.4, 0.5) is 20.2 Å². The van der Waals surface area contributed by atoms with Crippen LogP contribution in [0.3, 0.4) is 0 Å². The van der Waals surface area contributed by atoms with Gasteiger partial charge in [0, 0.05) is 25.2 Å². The first-order valence-electron chi connectivity index (χ1n) is 10.5. The van der Waals surface area contributed by atoms with Crippen molar-refractivity contribution < 1.29 is 18.3 Å². The fourth-order valence-electron chi connectivity index (χ4n) is 4.23. The molecule has 3 aromatic rings. The van der Waals surface area contributed by atoms with Gasteiger partial charge in [-0.1, -0.05) is 6.07 Å². The maximum atomic E-state index is 14.6. The lowest BCUT2D eigenvalue weighted by Gasteiger charge is -2.28. The molecule has 2 aliphatic heterocycles. The minimum Gasteiger partial charge on any atom is -0.378 e. The second kappa shape index (κ2) is 8.56. The Morgan fingerprint density at radius 1 is 1.12 bits per heavy atom. The van der Waals surface area contributed by atoms with E-state index in [0.29, 0.717) is 30.2 Å². The van der Waals surface area contributed by atoms with E-state index in [1.165, 1.54) is 6.07 Å². The zero-order chi connectivity index (χ0) is 22.9. The molecule has 4 heterocycles. The van der Waals surface area contributed by atoms with Crippen LogP contribution in [0.25, 0.3) is 16.1 Å². The predicted molar refractivity (Wildman–Crippen MR) is 117 cm³/mol. The first kappa shape index (κ1) is 21.0. The number of anilines is 1. The summed E-state index contributed by atoms with van der Waals surface area (Å²) >= 11 is 0. The van der Waals surface area contributed by atoms with Crippen LogP contribution in [-0.2, 0) is 17.7 Å². The molecule has 0 atom stereocenters. The molecule has 0 bridgehead atoms. The molecule has 1 amide bonds. The molecule has 1 saturated heterocycles. The summed E-state index contributed by atoms with van der Waals surface area (Å²) < 4.78 is 34.5. The molecule has 2 aliphatic rings. The van der Waals surface area contributed by atoms with E-state index < -0.39 is 11.6 Å². The predicted octanol–water partition coefficient (Wildman–Crippen LogP) is 3.64. The molecule has 1 aromatic carbocycles. The van der Waals surface area contributed by atoms with Crippen LogP contribution in [-0.4, -0.2) is 42.2 Å². The van der Waals surface area contributed by atoms with Crippen LogP contribution in [0, 0.1) is 18.2 Å². The van der Waals surface area contributed by atoms with Crippen molar-refractivity contribution in [3.8, 4) is 11.3 Å². The standard InChI is InChI=1S/C24H19F2N5O2/c1-27-22-16(11-14-5-6-15(12-28-14)31-7-9-33-10-8-31)20-19(13-29-24(20)32)30-23(22)21-17(25)3-2-4-18(21)26/h2-6,12H,7-11,13H2,(H,29,32). The summed E-state index contributed by atoms with van der Waals surface area (Å²) in [6, 6.07) is 7.27. The van der Waals surface area contributed by atoms with E-state index in [1.54, 1.807) is 6.20 Å². The Morgan fingerprint density at radius 3 is 2.55 bits per heavy atom. The van der Waals surface area contributed by atoms with Gasteiger partial charge in [0.05, 0.1) is 60.7 Å². The number of rotatable bonds is 4. The summed E-state index contributed by atoms with van der Waals surface area (Å²) in [5.74, 6) is -1.99. The number of benzene rings is 1. The lowest BCUT2D eigenvalue weighted by molar-refractivity contribution is 0.0965. The summed E-state index contributed by atoms with van der Waals surface area (Å²) in [6.07, 6.45) is 1.90. The number of ether oxygens (including phenoxy) is 1. The number of carbonyl (C=O) groups excluding carboxylic acids is 1. The Labute approximate surface area is 188 Å². The number of hydrogen-bond donors (Lipinski definition) is 1. The Kier molecular flexibility index (Phi) is 5.44. The number of aromatic nitrogens is 2. The monoisotopic (exact) mass is 447 g/mol. The van der Waals surface area contributed by atoms with Gasteiger partial charge in [0.15, 0.2) is 0 Å². The van der Waals surface area contributed by atoms with E-state index >= 15 is 0 Å². The fraction of sp³-hybridized carbons (Fsp3) is 0.250. The first-order chi connectivity index (χ1) is 16.1. The zero-order valence-corrected chi connectivity index (χ0v) is 17.6. The fourth-order valence-corrected chi connectivity index (χ4v) is 4.23. The average molecular weight is 447 g/mol. The van der Waals surface area contributed by atoms with Gasteiger partial charge < -0.3 is 15.0 Å². The van der Waals surface area contributed by atoms with Gasteiger partial charge in [-0.15, -0.1) is 0 Å². The van der Waals surface area contributed by atoms with Crippen LogP contribution < -0.4 is 10.2 Å². The van der Waals surface area contributed by atoms with Crippen molar-refractivity contribution in [3.05, 3.63) is 82.1 Å². The van der Waals surface area contributed by atoms with Gasteiger partial charge in [0.25, 0.3) is 5.91 Å². The molecule has 0 spiro atoms. The van der Waals surface area contributed by atoms with E-state index in [9.17, 15) is 13.6 Å². The summed E-state index contributed by atoms with van der Waals surface area (Å²) in [6.45, 7) is 10.7. The SMILES string of the molecule is [C-]#[N+]c1c(-c2c(F)cccc2F)nc2c(c1Cc1ccc(N3CCOCC3)cn1)C(=O)NC2. The van der Waals surface area contributed by atoms with Crippen LogP contribution in [0.1, 0.15) is 27.3 Å². The van der Waals surface area contributed by atoms with Crippen molar-refractivity contribution in [2.75, 3.05) is 31.2 Å². The van der Waals surface area contributed by atoms with Gasteiger partial charge in [0.2, 0.25) is 5.69 Å². The van der Waals surface area contributed by atoms with E-state index in [1.807, 2.05) is 12.1 Å². The third-order valence-electron chi connectivity index (χ3n) is 5.85. The second-order valence-electron chi connectivity index (χ2n) is 7.78. The highest BCUT2D eigenvalue weighted by Gasteiger charge is 2.31. The molecular formula is C24H19F2N5O2. The number of halogens is 2. The molecule has 0 saturated carbocycles. The highest BCUT2D eigenvalue weighted by molar-refractivity contribution is 6.02. The highest BCUT2D eigenvalue weighted by atomic mass is 19.1. The third kappa shape index (κ3) is 3.79. The number of morpholine rings is 1. The number of carbonyl (C=O) groups is 1. The quantitative estimate of drug-likeness (QED) is 0.619. The number of nitrogens with zero attached hydrogens (tertiary/aromatic N) is 4. The van der Waals surface area contributed by atoms with Gasteiger partial charge >= 0.3 is 0 Å². The van der Waals surface area contributed by atoms with E-state index in [2.05, 4.69) is 25.0 Å². The lowest BCUT2D eigenvalue weighted by atomic mass is 9.96. The zero-order valence-electron chi connectivity index (χ0n) is 17.6. The molecule has 0 unspecified atom stereocenters. The molecule has 9 heteroatoms. The van der Waals surface area contributed by atoms with Crippen molar-refractivity contribution in [1.82, 2.24) is 15.3 Å². The smallest absolute Gasteiger partial charge is 0.252 e. The number of amides is 1. The van der Waals surface area contributed by atoms with Crippen molar-refractivity contribution in [3.63, 3.8) is 0 Å². The molecule has 1 fully saturated rings. The Balaban J connectivity index is 1.59. The summed E-state index contributed by atoms with van der Waals surface area (Å²) in [5.41, 5.74) is 2.08. The number of hydrogen-bond acceptors (Lipinski definition) is 5. The normalized spacial score (nSPS) is 15.2. The molecule has 0 aliphatic carbocycles. The van der Waals surface area contributed by atoms with Crippen molar-refractivity contribution in [2.24, 2.45) is 0 Å². The van der Waals surface area contributed by atoms with E-state index in [-0.39, 0.29) is 41.4 Å². The van der Waals surface area contributed by atoms with Gasteiger partial charge in [-0.2, -0.15) is 0 Å². The molecule has 0 radical (unpaired) electrons. The van der Waals surface area contributed by atoms with Crippen LogP contribution >= 0.6 is 0 Å². The number of nitrogens with one attached hydrogen (secondary N) is 1. The summed E-state index contributed by atoms with van der Waals surface area (Å²) in [5, 5.41) is 2.69. The van der Waals surface area contributed by atoms with Crippen molar-refractivity contribution in [2.45, 2.75) is 13.0 Å². The maximum Gasteiger partial charge on any atom is 0.252 e. The minimum atomic E-state index is -0.816.